The van der Waals surface area contributed by atoms with Crippen LogP contribution in [0.5, 0.6) is 0 Å². The second-order valence-corrected chi connectivity index (χ2v) is 3.23. The van der Waals surface area contributed by atoms with Crippen molar-refractivity contribution in [3.05, 3.63) is 35.9 Å². The van der Waals surface area contributed by atoms with Crippen LogP contribution in [0, 0.1) is 0 Å². The molecule has 0 spiro atoms. The van der Waals surface area contributed by atoms with Crippen LogP contribution >= 0.6 is 0 Å². The Morgan fingerprint density at radius 2 is 2.20 bits per heavy atom. The molecule has 1 unspecified atom stereocenters. The minimum Gasteiger partial charge on any atom is -0.466 e. The molecule has 78 valence electrons. The summed E-state index contributed by atoms with van der Waals surface area (Å²) in [5.74, 6) is -0.385. The number of oxime groups is 1. The predicted octanol–water partition coefficient (Wildman–Crippen LogP) is 1.35. The van der Waals surface area contributed by atoms with Gasteiger partial charge in [0.15, 0.2) is 0 Å². The normalized spacial score (nSPS) is 19.3. The van der Waals surface area contributed by atoms with E-state index in [-0.39, 0.29) is 5.97 Å². The summed E-state index contributed by atoms with van der Waals surface area (Å²) >= 11 is 0. The Kier molecular flexibility index (Phi) is 2.67. The third-order valence-electron chi connectivity index (χ3n) is 2.24. The molecule has 0 bridgehead atoms. The van der Waals surface area contributed by atoms with Crippen molar-refractivity contribution in [1.29, 1.82) is 0 Å². The van der Waals surface area contributed by atoms with Crippen molar-refractivity contribution >= 4 is 11.7 Å². The minimum absolute atomic E-state index is 0.385. The summed E-state index contributed by atoms with van der Waals surface area (Å²) in [6.07, 6.45) is -0.123. The lowest BCUT2D eigenvalue weighted by atomic mass is 10.1. The van der Waals surface area contributed by atoms with E-state index in [2.05, 4.69) is 9.89 Å². The van der Waals surface area contributed by atoms with E-state index in [4.69, 9.17) is 4.84 Å². The van der Waals surface area contributed by atoms with Crippen molar-refractivity contribution in [2.45, 2.75) is 12.5 Å². The molecule has 4 heteroatoms. The maximum absolute atomic E-state index is 11.2. The average molecular weight is 205 g/mol. The van der Waals surface area contributed by atoms with Gasteiger partial charge in [-0.25, -0.2) is 4.79 Å². The number of hydrogen-bond donors (Lipinski definition) is 0. The van der Waals surface area contributed by atoms with E-state index >= 15 is 0 Å². The van der Waals surface area contributed by atoms with Gasteiger partial charge in [0.1, 0.15) is 0 Å². The molecule has 0 radical (unpaired) electrons. The Labute approximate surface area is 87.5 Å². The maximum Gasteiger partial charge on any atom is 0.350 e. The molecule has 1 aromatic carbocycles. The molecule has 1 heterocycles. The zero-order chi connectivity index (χ0) is 10.7. The number of methoxy groups -OCH3 is 1. The molecule has 0 aliphatic carbocycles. The third-order valence-corrected chi connectivity index (χ3v) is 2.24. The molecule has 0 saturated heterocycles. The van der Waals surface area contributed by atoms with Gasteiger partial charge in [0.2, 0.25) is 6.10 Å². The summed E-state index contributed by atoms with van der Waals surface area (Å²) in [5, 5.41) is 3.87. The second kappa shape index (κ2) is 4.13. The van der Waals surface area contributed by atoms with Crippen LogP contribution in [0.2, 0.25) is 0 Å². The highest BCUT2D eigenvalue weighted by atomic mass is 16.7. The van der Waals surface area contributed by atoms with Gasteiger partial charge in [0, 0.05) is 6.42 Å². The molecule has 1 aromatic rings. The lowest BCUT2D eigenvalue weighted by molar-refractivity contribution is -0.152. The van der Waals surface area contributed by atoms with Gasteiger partial charge in [-0.05, 0) is 5.56 Å². The molecule has 0 N–H and O–H groups in total. The summed E-state index contributed by atoms with van der Waals surface area (Å²) in [4.78, 5) is 16.2. The van der Waals surface area contributed by atoms with Crippen molar-refractivity contribution in [3.8, 4) is 0 Å². The zero-order valence-corrected chi connectivity index (χ0v) is 8.34. The van der Waals surface area contributed by atoms with Gasteiger partial charge in [0.25, 0.3) is 0 Å². The number of carbonyl (C=O) groups is 1. The summed E-state index contributed by atoms with van der Waals surface area (Å²) in [7, 11) is 1.34. The van der Waals surface area contributed by atoms with Crippen LogP contribution in [-0.2, 0) is 14.4 Å². The first-order valence-corrected chi connectivity index (χ1v) is 4.67. The van der Waals surface area contributed by atoms with Crippen LogP contribution in [0.15, 0.2) is 35.5 Å². The number of ether oxygens (including phenoxy) is 1. The van der Waals surface area contributed by atoms with Gasteiger partial charge in [-0.15, -0.1) is 0 Å². The molecule has 1 aliphatic heterocycles. The molecule has 1 aliphatic rings. The van der Waals surface area contributed by atoms with E-state index in [1.54, 1.807) is 0 Å². The highest BCUT2D eigenvalue weighted by Gasteiger charge is 2.29. The standard InChI is InChI=1S/C11H11NO3/c1-14-11(13)10-7-9(12-15-10)8-5-3-2-4-6-8/h2-6,10H,7H2,1H3. The molecule has 0 saturated carbocycles. The number of hydrogen-bond acceptors (Lipinski definition) is 4. The molecule has 2 rings (SSSR count). The summed E-state index contributed by atoms with van der Waals surface area (Å²) < 4.78 is 4.58. The first-order valence-electron chi connectivity index (χ1n) is 4.67. The fourth-order valence-electron chi connectivity index (χ4n) is 1.44. The van der Waals surface area contributed by atoms with Crippen LogP contribution < -0.4 is 0 Å². The van der Waals surface area contributed by atoms with E-state index < -0.39 is 6.10 Å². The molecule has 0 aromatic heterocycles. The Hall–Kier alpha value is -1.84. The third kappa shape index (κ3) is 1.98. The fraction of sp³-hybridized carbons (Fsp3) is 0.273. The molecular formula is C11H11NO3. The van der Waals surface area contributed by atoms with Gasteiger partial charge in [-0.3, -0.25) is 0 Å². The van der Waals surface area contributed by atoms with E-state index in [1.807, 2.05) is 30.3 Å². The zero-order valence-electron chi connectivity index (χ0n) is 8.34. The van der Waals surface area contributed by atoms with Crippen molar-refractivity contribution in [2.24, 2.45) is 5.16 Å². The number of carbonyl (C=O) groups excluding carboxylic acids is 1. The van der Waals surface area contributed by atoms with Crippen LogP contribution in [-0.4, -0.2) is 24.9 Å². The van der Waals surface area contributed by atoms with E-state index in [9.17, 15) is 4.79 Å². The Balaban J connectivity index is 2.07. The summed E-state index contributed by atoms with van der Waals surface area (Å²) in [5.41, 5.74) is 1.76. The molecule has 0 fully saturated rings. The Bertz CT molecular complexity index is 386. The number of nitrogens with zero attached hydrogens (tertiary/aromatic N) is 1. The van der Waals surface area contributed by atoms with Crippen LogP contribution in [0.25, 0.3) is 0 Å². The van der Waals surface area contributed by atoms with E-state index in [0.29, 0.717) is 6.42 Å². The van der Waals surface area contributed by atoms with Gasteiger partial charge < -0.3 is 9.57 Å². The molecule has 0 amide bonds. The Morgan fingerprint density at radius 1 is 1.47 bits per heavy atom. The van der Waals surface area contributed by atoms with E-state index in [0.717, 1.165) is 11.3 Å². The SMILES string of the molecule is COC(=O)C1CC(c2ccccc2)=NO1. The first-order chi connectivity index (χ1) is 7.31. The van der Waals surface area contributed by atoms with Gasteiger partial charge in [-0.2, -0.15) is 0 Å². The van der Waals surface area contributed by atoms with Crippen molar-refractivity contribution in [2.75, 3.05) is 7.11 Å². The second-order valence-electron chi connectivity index (χ2n) is 3.23. The molecule has 15 heavy (non-hydrogen) atoms. The largest absolute Gasteiger partial charge is 0.466 e. The number of benzene rings is 1. The quantitative estimate of drug-likeness (QED) is 0.685. The topological polar surface area (TPSA) is 47.9 Å². The summed E-state index contributed by atoms with van der Waals surface area (Å²) in [6.45, 7) is 0. The minimum atomic E-state index is -0.592. The number of esters is 1. The molecule has 4 nitrogen and oxygen atoms in total. The van der Waals surface area contributed by atoms with Crippen molar-refractivity contribution in [3.63, 3.8) is 0 Å². The Morgan fingerprint density at radius 3 is 2.87 bits per heavy atom. The predicted molar refractivity (Wildman–Crippen MR) is 54.5 cm³/mol. The van der Waals surface area contributed by atoms with Crippen LogP contribution in [0.4, 0.5) is 0 Å². The van der Waals surface area contributed by atoms with Gasteiger partial charge in [0.05, 0.1) is 12.8 Å². The number of rotatable bonds is 2. The lowest BCUT2D eigenvalue weighted by Gasteiger charge is -2.03. The monoisotopic (exact) mass is 205 g/mol. The fourth-order valence-corrected chi connectivity index (χ4v) is 1.44. The van der Waals surface area contributed by atoms with Gasteiger partial charge in [-0.1, -0.05) is 35.5 Å². The van der Waals surface area contributed by atoms with Crippen LogP contribution in [0.3, 0.4) is 0 Å². The molecule has 1 atom stereocenters. The highest BCUT2D eigenvalue weighted by molar-refractivity contribution is 6.03. The van der Waals surface area contributed by atoms with Gasteiger partial charge >= 0.3 is 5.97 Å². The smallest absolute Gasteiger partial charge is 0.350 e. The van der Waals surface area contributed by atoms with Crippen molar-refractivity contribution in [1.82, 2.24) is 0 Å². The summed E-state index contributed by atoms with van der Waals surface area (Å²) in [6, 6.07) is 9.63. The maximum atomic E-state index is 11.2. The lowest BCUT2D eigenvalue weighted by Crippen LogP contribution is -2.22. The average Bonchev–Trinajstić information content (AvgIpc) is 2.78. The highest BCUT2D eigenvalue weighted by Crippen LogP contribution is 2.17. The first kappa shape index (κ1) is 9.71. The molecular weight excluding hydrogens is 194 g/mol. The van der Waals surface area contributed by atoms with E-state index in [1.165, 1.54) is 7.11 Å². The van der Waals surface area contributed by atoms with Crippen molar-refractivity contribution < 1.29 is 14.4 Å². The van der Waals surface area contributed by atoms with Crippen LogP contribution in [0.1, 0.15) is 12.0 Å².